The summed E-state index contributed by atoms with van der Waals surface area (Å²) in [6.45, 7) is 4.13. The Balaban J connectivity index is 0. The SMILES string of the molecule is CC(C)[C@H](N)C(=O)NCC(=O)N(C)Cc1cnn(C)c1.Cl.Cl. The molecule has 1 aromatic rings. The first-order valence-electron chi connectivity index (χ1n) is 6.56. The van der Waals surface area contributed by atoms with Gasteiger partial charge in [0.05, 0.1) is 18.8 Å². The minimum Gasteiger partial charge on any atom is -0.346 e. The maximum atomic E-state index is 11.9. The number of aryl methyl sites for hydroxylation is 1. The third kappa shape index (κ3) is 7.11. The smallest absolute Gasteiger partial charge is 0.242 e. The normalized spacial score (nSPS) is 11.2. The standard InChI is InChI=1S/C13H23N5O2.2ClH/c1-9(2)12(14)13(20)15-6-11(19)17(3)7-10-5-16-18(4)8-10;;/h5,8-9,12H,6-7,14H2,1-4H3,(H,15,20);2*1H/t12-;;/m0../s1. The minimum atomic E-state index is -0.591. The monoisotopic (exact) mass is 353 g/mol. The third-order valence-corrected chi connectivity index (χ3v) is 3.04. The number of nitrogens with one attached hydrogen (secondary N) is 1. The van der Waals surface area contributed by atoms with Crippen LogP contribution in [-0.4, -0.2) is 46.1 Å². The van der Waals surface area contributed by atoms with Gasteiger partial charge in [-0.15, -0.1) is 24.8 Å². The van der Waals surface area contributed by atoms with E-state index in [2.05, 4.69) is 10.4 Å². The largest absolute Gasteiger partial charge is 0.346 e. The van der Waals surface area contributed by atoms with Crippen molar-refractivity contribution in [1.29, 1.82) is 0 Å². The molecule has 0 fully saturated rings. The van der Waals surface area contributed by atoms with Crippen LogP contribution >= 0.6 is 24.8 Å². The van der Waals surface area contributed by atoms with Crippen LogP contribution in [0.1, 0.15) is 19.4 Å². The first-order chi connectivity index (χ1) is 9.31. The average molecular weight is 354 g/mol. The molecular formula is C13H25Cl2N5O2. The minimum absolute atomic E-state index is 0. The number of likely N-dealkylation sites (N-methyl/N-ethyl adjacent to an activating group) is 1. The van der Waals surface area contributed by atoms with Crippen molar-refractivity contribution in [2.45, 2.75) is 26.4 Å². The van der Waals surface area contributed by atoms with Crippen LogP contribution in [0.4, 0.5) is 0 Å². The number of rotatable bonds is 6. The van der Waals surface area contributed by atoms with Gasteiger partial charge in [-0.05, 0) is 5.92 Å². The summed E-state index contributed by atoms with van der Waals surface area (Å²) in [5.74, 6) is -0.431. The maximum Gasteiger partial charge on any atom is 0.242 e. The number of nitrogens with zero attached hydrogens (tertiary/aromatic N) is 3. The van der Waals surface area contributed by atoms with E-state index in [9.17, 15) is 9.59 Å². The van der Waals surface area contributed by atoms with Gasteiger partial charge in [0.1, 0.15) is 0 Å². The fraction of sp³-hybridized carbons (Fsp3) is 0.615. The van der Waals surface area contributed by atoms with Crippen molar-refractivity contribution < 1.29 is 9.59 Å². The van der Waals surface area contributed by atoms with E-state index in [4.69, 9.17) is 5.73 Å². The van der Waals surface area contributed by atoms with Crippen LogP contribution in [0.25, 0.3) is 0 Å². The Labute approximate surface area is 143 Å². The van der Waals surface area contributed by atoms with E-state index in [1.807, 2.05) is 27.1 Å². The number of halogens is 2. The lowest BCUT2D eigenvalue weighted by atomic mass is 10.1. The van der Waals surface area contributed by atoms with Crippen LogP contribution in [-0.2, 0) is 23.2 Å². The quantitative estimate of drug-likeness (QED) is 0.770. The molecule has 3 N–H and O–H groups in total. The molecule has 1 atom stereocenters. The summed E-state index contributed by atoms with van der Waals surface area (Å²) < 4.78 is 1.68. The highest BCUT2D eigenvalue weighted by molar-refractivity contribution is 5.87. The zero-order valence-corrected chi connectivity index (χ0v) is 14.9. The van der Waals surface area contributed by atoms with Crippen LogP contribution in [0.5, 0.6) is 0 Å². The van der Waals surface area contributed by atoms with E-state index in [-0.39, 0.29) is 49.1 Å². The predicted molar refractivity (Wildman–Crippen MR) is 90.0 cm³/mol. The maximum absolute atomic E-state index is 11.9. The Hall–Kier alpha value is -1.31. The number of amides is 2. The first-order valence-corrected chi connectivity index (χ1v) is 6.56. The van der Waals surface area contributed by atoms with E-state index < -0.39 is 6.04 Å². The summed E-state index contributed by atoms with van der Waals surface area (Å²) in [7, 11) is 3.50. The van der Waals surface area contributed by atoms with E-state index in [1.54, 1.807) is 17.9 Å². The summed E-state index contributed by atoms with van der Waals surface area (Å²) >= 11 is 0. The van der Waals surface area contributed by atoms with Crippen LogP contribution in [0.15, 0.2) is 12.4 Å². The molecule has 22 heavy (non-hydrogen) atoms. The molecule has 9 heteroatoms. The van der Waals surface area contributed by atoms with Crippen LogP contribution < -0.4 is 11.1 Å². The lowest BCUT2D eigenvalue weighted by Gasteiger charge is -2.19. The highest BCUT2D eigenvalue weighted by Gasteiger charge is 2.18. The van der Waals surface area contributed by atoms with Crippen molar-refractivity contribution in [3.8, 4) is 0 Å². The molecule has 1 heterocycles. The first kappa shape index (κ1) is 23.0. The van der Waals surface area contributed by atoms with Gasteiger partial charge in [0, 0.05) is 32.4 Å². The van der Waals surface area contributed by atoms with Gasteiger partial charge < -0.3 is 16.0 Å². The molecule has 0 radical (unpaired) electrons. The van der Waals surface area contributed by atoms with Crippen molar-refractivity contribution >= 4 is 36.6 Å². The molecule has 0 aromatic carbocycles. The number of nitrogens with two attached hydrogens (primary N) is 1. The van der Waals surface area contributed by atoms with Crippen LogP contribution in [0, 0.1) is 5.92 Å². The molecule has 7 nitrogen and oxygen atoms in total. The fourth-order valence-corrected chi connectivity index (χ4v) is 1.63. The molecule has 0 aliphatic heterocycles. The molecule has 2 amide bonds. The fourth-order valence-electron chi connectivity index (χ4n) is 1.63. The van der Waals surface area contributed by atoms with Gasteiger partial charge in [0.25, 0.3) is 0 Å². The van der Waals surface area contributed by atoms with Gasteiger partial charge >= 0.3 is 0 Å². The van der Waals surface area contributed by atoms with Gasteiger partial charge in [0.2, 0.25) is 11.8 Å². The van der Waals surface area contributed by atoms with Gasteiger partial charge in [-0.2, -0.15) is 5.10 Å². The molecule has 1 aromatic heterocycles. The number of hydrogen-bond donors (Lipinski definition) is 2. The van der Waals surface area contributed by atoms with E-state index in [0.29, 0.717) is 6.54 Å². The van der Waals surface area contributed by atoms with Gasteiger partial charge in [-0.25, -0.2) is 0 Å². The Bertz CT molecular complexity index is 479. The van der Waals surface area contributed by atoms with Crippen molar-refractivity contribution in [3.05, 3.63) is 18.0 Å². The zero-order chi connectivity index (χ0) is 15.3. The summed E-state index contributed by atoms with van der Waals surface area (Å²) in [5, 5.41) is 6.60. The van der Waals surface area contributed by atoms with Crippen molar-refractivity contribution in [2.24, 2.45) is 18.7 Å². The van der Waals surface area contributed by atoms with E-state index in [0.717, 1.165) is 5.56 Å². The Morgan fingerprint density at radius 2 is 2.00 bits per heavy atom. The average Bonchev–Trinajstić information content (AvgIpc) is 2.79. The summed E-state index contributed by atoms with van der Waals surface area (Å²) in [4.78, 5) is 25.1. The second kappa shape index (κ2) is 10.4. The van der Waals surface area contributed by atoms with E-state index >= 15 is 0 Å². The molecule has 0 saturated heterocycles. The number of carbonyl (C=O) groups is 2. The second-order valence-corrected chi connectivity index (χ2v) is 5.26. The Morgan fingerprint density at radius 3 is 2.45 bits per heavy atom. The van der Waals surface area contributed by atoms with Crippen LogP contribution in [0.2, 0.25) is 0 Å². The van der Waals surface area contributed by atoms with Crippen LogP contribution in [0.3, 0.4) is 0 Å². The summed E-state index contributed by atoms with van der Waals surface area (Å²) in [5.41, 5.74) is 6.64. The number of carbonyl (C=O) groups excluding carboxylic acids is 2. The lowest BCUT2D eigenvalue weighted by Crippen LogP contribution is -2.47. The molecule has 0 saturated carbocycles. The second-order valence-electron chi connectivity index (χ2n) is 5.26. The molecule has 0 spiro atoms. The molecule has 0 unspecified atom stereocenters. The Kier molecular flexibility index (Phi) is 10.9. The van der Waals surface area contributed by atoms with E-state index in [1.165, 1.54) is 4.90 Å². The highest BCUT2D eigenvalue weighted by atomic mass is 35.5. The van der Waals surface area contributed by atoms with Crippen molar-refractivity contribution in [3.63, 3.8) is 0 Å². The summed E-state index contributed by atoms with van der Waals surface area (Å²) in [6.07, 6.45) is 3.55. The molecule has 0 aliphatic carbocycles. The Morgan fingerprint density at radius 1 is 1.41 bits per heavy atom. The van der Waals surface area contributed by atoms with Gasteiger partial charge in [-0.3, -0.25) is 14.3 Å². The van der Waals surface area contributed by atoms with Crippen molar-refractivity contribution in [2.75, 3.05) is 13.6 Å². The van der Waals surface area contributed by atoms with Gasteiger partial charge in [-0.1, -0.05) is 13.8 Å². The topological polar surface area (TPSA) is 93.2 Å². The predicted octanol–water partition coefficient (Wildman–Crippen LogP) is 0.322. The molecular weight excluding hydrogens is 329 g/mol. The lowest BCUT2D eigenvalue weighted by molar-refractivity contribution is -0.132. The van der Waals surface area contributed by atoms with Crippen molar-refractivity contribution in [1.82, 2.24) is 20.0 Å². The molecule has 0 bridgehead atoms. The summed E-state index contributed by atoms with van der Waals surface area (Å²) in [6, 6.07) is -0.591. The molecule has 0 aliphatic rings. The number of aromatic nitrogens is 2. The van der Waals surface area contributed by atoms with Gasteiger partial charge in [0.15, 0.2) is 0 Å². The zero-order valence-electron chi connectivity index (χ0n) is 13.3. The third-order valence-electron chi connectivity index (χ3n) is 3.04. The highest BCUT2D eigenvalue weighted by Crippen LogP contribution is 2.01. The number of hydrogen-bond acceptors (Lipinski definition) is 4. The molecule has 1 rings (SSSR count). The molecule has 128 valence electrons.